The van der Waals surface area contributed by atoms with Crippen LogP contribution in [0.15, 0.2) is 24.5 Å². The first-order valence-corrected chi connectivity index (χ1v) is 6.34. The minimum atomic E-state index is 0.617. The molecule has 0 aromatic carbocycles. The zero-order valence-electron chi connectivity index (χ0n) is 10.7. The van der Waals surface area contributed by atoms with Crippen LogP contribution in [0, 0.1) is 5.92 Å². The van der Waals surface area contributed by atoms with Crippen LogP contribution in [-0.2, 0) is 6.42 Å². The number of hydrogen-bond donors (Lipinski definition) is 1. The molecule has 16 heavy (non-hydrogen) atoms. The molecule has 1 N–H and O–H groups in total. The monoisotopic (exact) mass is 220 g/mol. The first-order valence-electron chi connectivity index (χ1n) is 6.34. The molecule has 2 unspecified atom stereocenters. The van der Waals surface area contributed by atoms with Crippen molar-refractivity contribution in [2.75, 3.05) is 6.54 Å². The van der Waals surface area contributed by atoms with Gasteiger partial charge in [-0.25, -0.2) is 0 Å². The molecular weight excluding hydrogens is 196 g/mol. The second kappa shape index (κ2) is 7.39. The van der Waals surface area contributed by atoms with Crippen LogP contribution in [0.5, 0.6) is 0 Å². The van der Waals surface area contributed by atoms with Crippen molar-refractivity contribution in [3.63, 3.8) is 0 Å². The number of rotatable bonds is 7. The maximum Gasteiger partial charge on any atom is 0.0300 e. The summed E-state index contributed by atoms with van der Waals surface area (Å²) in [5, 5.41) is 3.57. The first-order chi connectivity index (χ1) is 7.72. The lowest BCUT2D eigenvalue weighted by Gasteiger charge is -2.17. The van der Waals surface area contributed by atoms with E-state index in [-0.39, 0.29) is 0 Å². The summed E-state index contributed by atoms with van der Waals surface area (Å²) in [4.78, 5) is 4.12. The van der Waals surface area contributed by atoms with Crippen LogP contribution in [0.25, 0.3) is 0 Å². The molecule has 0 bridgehead atoms. The Kier molecular flexibility index (Phi) is 6.09. The topological polar surface area (TPSA) is 24.9 Å². The summed E-state index contributed by atoms with van der Waals surface area (Å²) < 4.78 is 0. The van der Waals surface area contributed by atoms with Gasteiger partial charge in [-0.05, 0) is 43.9 Å². The van der Waals surface area contributed by atoms with E-state index in [9.17, 15) is 0 Å². The minimum absolute atomic E-state index is 0.617. The molecule has 0 spiro atoms. The maximum absolute atomic E-state index is 4.12. The lowest BCUT2D eigenvalue weighted by Crippen LogP contribution is -2.29. The minimum Gasteiger partial charge on any atom is -0.314 e. The molecule has 0 aliphatic rings. The number of aromatic nitrogens is 1. The van der Waals surface area contributed by atoms with E-state index in [0.717, 1.165) is 18.9 Å². The second-order valence-electron chi connectivity index (χ2n) is 4.72. The summed E-state index contributed by atoms with van der Waals surface area (Å²) in [6.45, 7) is 7.89. The van der Waals surface area contributed by atoms with Gasteiger partial charge in [0.05, 0.1) is 0 Å². The highest BCUT2D eigenvalue weighted by molar-refractivity contribution is 5.08. The van der Waals surface area contributed by atoms with Gasteiger partial charge >= 0.3 is 0 Å². The van der Waals surface area contributed by atoms with E-state index in [1.165, 1.54) is 18.4 Å². The molecule has 1 rings (SSSR count). The van der Waals surface area contributed by atoms with Crippen LogP contribution in [0.4, 0.5) is 0 Å². The third-order valence-corrected chi connectivity index (χ3v) is 3.08. The lowest BCUT2D eigenvalue weighted by atomic mass is 10.0. The fraction of sp³-hybridized carbons (Fsp3) is 0.643. The summed E-state index contributed by atoms with van der Waals surface area (Å²) in [7, 11) is 0. The molecule has 1 aromatic rings. The molecule has 2 atom stereocenters. The highest BCUT2D eigenvalue weighted by Gasteiger charge is 2.05. The van der Waals surface area contributed by atoms with Gasteiger partial charge < -0.3 is 5.32 Å². The molecule has 0 fully saturated rings. The maximum atomic E-state index is 4.12. The second-order valence-corrected chi connectivity index (χ2v) is 4.72. The third kappa shape index (κ3) is 5.26. The highest BCUT2D eigenvalue weighted by Crippen LogP contribution is 2.09. The van der Waals surface area contributed by atoms with Crippen molar-refractivity contribution in [1.29, 1.82) is 0 Å². The van der Waals surface area contributed by atoms with Gasteiger partial charge in [-0.2, -0.15) is 0 Å². The van der Waals surface area contributed by atoms with Gasteiger partial charge in [-0.15, -0.1) is 0 Å². The zero-order chi connectivity index (χ0) is 11.8. The molecule has 0 saturated carbocycles. The van der Waals surface area contributed by atoms with E-state index in [1.807, 2.05) is 18.5 Å². The quantitative estimate of drug-likeness (QED) is 0.764. The Bertz CT molecular complexity index is 271. The molecule has 0 radical (unpaired) electrons. The SMILES string of the molecule is CCC(C)CC(C)NCCc1cccnc1. The van der Waals surface area contributed by atoms with E-state index in [4.69, 9.17) is 0 Å². The Morgan fingerprint density at radius 1 is 1.38 bits per heavy atom. The van der Waals surface area contributed by atoms with Crippen LogP contribution in [0.2, 0.25) is 0 Å². The van der Waals surface area contributed by atoms with Crippen molar-refractivity contribution in [3.05, 3.63) is 30.1 Å². The van der Waals surface area contributed by atoms with Gasteiger partial charge in [0.25, 0.3) is 0 Å². The van der Waals surface area contributed by atoms with E-state index in [0.29, 0.717) is 6.04 Å². The molecule has 2 nitrogen and oxygen atoms in total. The van der Waals surface area contributed by atoms with Gasteiger partial charge in [0, 0.05) is 18.4 Å². The van der Waals surface area contributed by atoms with Crippen molar-refractivity contribution in [2.45, 2.75) is 46.1 Å². The van der Waals surface area contributed by atoms with Gasteiger partial charge in [0.15, 0.2) is 0 Å². The Labute approximate surface area is 99.5 Å². The predicted octanol–water partition coefficient (Wildman–Crippen LogP) is 3.04. The smallest absolute Gasteiger partial charge is 0.0300 e. The van der Waals surface area contributed by atoms with Crippen molar-refractivity contribution in [3.8, 4) is 0 Å². The Hall–Kier alpha value is -0.890. The van der Waals surface area contributed by atoms with Crippen molar-refractivity contribution in [2.24, 2.45) is 5.92 Å². The van der Waals surface area contributed by atoms with Crippen LogP contribution in [0.1, 0.15) is 39.2 Å². The number of hydrogen-bond acceptors (Lipinski definition) is 2. The van der Waals surface area contributed by atoms with Crippen molar-refractivity contribution in [1.82, 2.24) is 10.3 Å². The molecule has 0 aliphatic carbocycles. The lowest BCUT2D eigenvalue weighted by molar-refractivity contribution is 0.415. The van der Waals surface area contributed by atoms with Gasteiger partial charge in [-0.1, -0.05) is 26.3 Å². The molecule has 2 heteroatoms. The summed E-state index contributed by atoms with van der Waals surface area (Å²) in [6, 6.07) is 4.75. The Morgan fingerprint density at radius 3 is 2.81 bits per heavy atom. The molecule has 1 heterocycles. The van der Waals surface area contributed by atoms with Crippen molar-refractivity contribution >= 4 is 0 Å². The fourth-order valence-corrected chi connectivity index (χ4v) is 1.86. The van der Waals surface area contributed by atoms with E-state index >= 15 is 0 Å². The van der Waals surface area contributed by atoms with Gasteiger partial charge in [0.2, 0.25) is 0 Å². The standard InChI is InChI=1S/C14H24N2/c1-4-12(2)10-13(3)16-9-7-14-6-5-8-15-11-14/h5-6,8,11-13,16H,4,7,9-10H2,1-3H3. The average molecular weight is 220 g/mol. The van der Waals surface area contributed by atoms with E-state index < -0.39 is 0 Å². The molecule has 0 amide bonds. The molecule has 1 aromatic heterocycles. The molecule has 0 aliphatic heterocycles. The molecule has 90 valence electrons. The first kappa shape index (κ1) is 13.2. The highest BCUT2D eigenvalue weighted by atomic mass is 14.9. The Balaban J connectivity index is 2.15. The number of nitrogens with zero attached hydrogens (tertiary/aromatic N) is 1. The normalized spacial score (nSPS) is 14.7. The molecule has 0 saturated heterocycles. The average Bonchev–Trinajstić information content (AvgIpc) is 2.30. The van der Waals surface area contributed by atoms with Gasteiger partial charge in [0.1, 0.15) is 0 Å². The summed E-state index contributed by atoms with van der Waals surface area (Å²) in [6.07, 6.45) is 7.38. The van der Waals surface area contributed by atoms with Crippen LogP contribution in [-0.4, -0.2) is 17.6 Å². The predicted molar refractivity (Wildman–Crippen MR) is 69.5 cm³/mol. The molecular formula is C14H24N2. The van der Waals surface area contributed by atoms with E-state index in [2.05, 4.69) is 37.1 Å². The van der Waals surface area contributed by atoms with Gasteiger partial charge in [-0.3, -0.25) is 4.98 Å². The van der Waals surface area contributed by atoms with Crippen LogP contribution in [0.3, 0.4) is 0 Å². The van der Waals surface area contributed by atoms with Crippen LogP contribution >= 0.6 is 0 Å². The summed E-state index contributed by atoms with van der Waals surface area (Å²) >= 11 is 0. The van der Waals surface area contributed by atoms with E-state index in [1.54, 1.807) is 0 Å². The summed E-state index contributed by atoms with van der Waals surface area (Å²) in [5.74, 6) is 0.820. The number of nitrogens with one attached hydrogen (secondary N) is 1. The van der Waals surface area contributed by atoms with Crippen molar-refractivity contribution < 1.29 is 0 Å². The fourth-order valence-electron chi connectivity index (χ4n) is 1.86. The third-order valence-electron chi connectivity index (χ3n) is 3.08. The largest absolute Gasteiger partial charge is 0.314 e. The number of pyridine rings is 1. The summed E-state index contributed by atoms with van der Waals surface area (Å²) in [5.41, 5.74) is 1.31. The van der Waals surface area contributed by atoms with Crippen LogP contribution < -0.4 is 5.32 Å². The zero-order valence-corrected chi connectivity index (χ0v) is 10.7. The Morgan fingerprint density at radius 2 is 2.19 bits per heavy atom.